The minimum Gasteiger partial charge on any atom is -0.326 e. The van der Waals surface area contributed by atoms with E-state index in [9.17, 15) is 18.0 Å². The molecule has 0 aliphatic rings. The zero-order valence-corrected chi connectivity index (χ0v) is 18.8. The Bertz CT molecular complexity index is 1510. The van der Waals surface area contributed by atoms with Gasteiger partial charge in [-0.2, -0.15) is 18.2 Å². The predicted molar refractivity (Wildman–Crippen MR) is 123 cm³/mol. The number of benzene rings is 2. The number of carbonyl (C=O) groups excluding carboxylic acids is 1. The average molecular weight is 482 g/mol. The number of aryl methyl sites for hydroxylation is 2. The van der Waals surface area contributed by atoms with Gasteiger partial charge in [-0.25, -0.2) is 14.5 Å². The molecule has 0 aliphatic heterocycles. The molecule has 0 fully saturated rings. The van der Waals surface area contributed by atoms with Crippen LogP contribution in [0.15, 0.2) is 48.5 Å². The molecule has 11 heteroatoms. The Morgan fingerprint density at radius 2 is 1.76 bits per heavy atom. The fourth-order valence-corrected chi connectivity index (χ4v) is 4.61. The fraction of sp³-hybridized carbons (Fsp3) is 0.174. The van der Waals surface area contributed by atoms with E-state index in [1.165, 1.54) is 0 Å². The van der Waals surface area contributed by atoms with Crippen molar-refractivity contribution in [3.63, 3.8) is 0 Å². The number of hydrogen-bond acceptors (Lipinski definition) is 6. The van der Waals surface area contributed by atoms with Gasteiger partial charge in [-0.05, 0) is 50.2 Å². The predicted octanol–water partition coefficient (Wildman–Crippen LogP) is 5.22. The van der Waals surface area contributed by atoms with Crippen molar-refractivity contribution < 1.29 is 18.0 Å². The zero-order valence-electron chi connectivity index (χ0n) is 18.0. The number of para-hydroxylation sites is 1. The maximum atomic E-state index is 13.0. The highest BCUT2D eigenvalue weighted by atomic mass is 32.1. The van der Waals surface area contributed by atoms with E-state index in [1.54, 1.807) is 37.3 Å². The zero-order chi connectivity index (χ0) is 24.0. The van der Waals surface area contributed by atoms with Gasteiger partial charge in [-0.1, -0.05) is 12.1 Å². The molecule has 2 aromatic carbocycles. The number of carbonyl (C=O) groups is 1. The van der Waals surface area contributed by atoms with Gasteiger partial charge in [0.25, 0.3) is 11.6 Å². The molecule has 0 bridgehead atoms. The first-order valence-corrected chi connectivity index (χ1v) is 11.1. The van der Waals surface area contributed by atoms with Crippen molar-refractivity contribution >= 4 is 38.9 Å². The fourth-order valence-electron chi connectivity index (χ4n) is 3.64. The number of aromatic nitrogens is 5. The lowest BCUT2D eigenvalue weighted by Gasteiger charge is -2.11. The topological polar surface area (TPSA) is 85.1 Å². The molecule has 3 heterocycles. The Labute approximate surface area is 195 Å². The molecule has 0 aliphatic carbocycles. The molecule has 0 unspecified atom stereocenters. The Morgan fingerprint density at radius 3 is 2.47 bits per heavy atom. The summed E-state index contributed by atoms with van der Waals surface area (Å²) < 4.78 is 41.0. The number of nitrogens with zero attached hydrogens (tertiary/aromatic N) is 5. The number of fused-ring (bicyclic) bond motifs is 2. The molecule has 0 radical (unpaired) electrons. The standard InChI is InChI=1S/C23H17F3N6OS/c1-12-16(13(2)32-22(27-12)30-21(31-32)23(24,25)26)11-19(33)28-15-9-7-14(8-10-15)20-29-17-5-3-4-6-18(17)34-20/h3-10H,11H2,1-2H3,(H,28,33). The molecule has 0 atom stereocenters. The molecule has 1 N–H and O–H groups in total. The normalized spacial score (nSPS) is 11.9. The van der Waals surface area contributed by atoms with Gasteiger partial charge in [0, 0.05) is 28.2 Å². The van der Waals surface area contributed by atoms with Crippen LogP contribution in [-0.4, -0.2) is 30.5 Å². The molecule has 0 saturated carbocycles. The lowest BCUT2D eigenvalue weighted by atomic mass is 10.1. The van der Waals surface area contributed by atoms with E-state index in [4.69, 9.17) is 0 Å². The van der Waals surface area contributed by atoms with Crippen LogP contribution in [0.4, 0.5) is 18.9 Å². The first-order valence-electron chi connectivity index (χ1n) is 10.2. The Morgan fingerprint density at radius 1 is 1.03 bits per heavy atom. The van der Waals surface area contributed by atoms with Gasteiger partial charge in [0.05, 0.1) is 16.6 Å². The lowest BCUT2D eigenvalue weighted by Crippen LogP contribution is -2.17. The van der Waals surface area contributed by atoms with Crippen LogP contribution in [0.2, 0.25) is 0 Å². The second-order valence-electron chi connectivity index (χ2n) is 7.70. The van der Waals surface area contributed by atoms with E-state index in [0.29, 0.717) is 22.6 Å². The minimum absolute atomic E-state index is 0.0680. The molecule has 5 rings (SSSR count). The summed E-state index contributed by atoms with van der Waals surface area (Å²) in [6.45, 7) is 3.22. The van der Waals surface area contributed by atoms with Gasteiger partial charge >= 0.3 is 6.18 Å². The SMILES string of the molecule is Cc1nc2nc(C(F)(F)F)nn2c(C)c1CC(=O)Nc1ccc(-c2nc3ccccc3s2)cc1. The summed E-state index contributed by atoms with van der Waals surface area (Å²) in [6, 6.07) is 15.2. The molecule has 3 aromatic heterocycles. The van der Waals surface area contributed by atoms with Crippen molar-refractivity contribution in [1.29, 1.82) is 0 Å². The van der Waals surface area contributed by atoms with E-state index < -0.39 is 12.0 Å². The quantitative estimate of drug-likeness (QED) is 0.380. The highest BCUT2D eigenvalue weighted by Gasteiger charge is 2.37. The van der Waals surface area contributed by atoms with Crippen LogP contribution in [0.1, 0.15) is 22.8 Å². The lowest BCUT2D eigenvalue weighted by molar-refractivity contribution is -0.144. The second kappa shape index (κ2) is 8.17. The number of amides is 1. The van der Waals surface area contributed by atoms with Crippen LogP contribution in [0, 0.1) is 13.8 Å². The van der Waals surface area contributed by atoms with Gasteiger partial charge in [0.15, 0.2) is 0 Å². The van der Waals surface area contributed by atoms with E-state index in [0.717, 1.165) is 25.3 Å². The van der Waals surface area contributed by atoms with E-state index >= 15 is 0 Å². The Kier molecular flexibility index (Phi) is 5.28. The van der Waals surface area contributed by atoms with Crippen LogP contribution < -0.4 is 5.32 Å². The number of thiazole rings is 1. The summed E-state index contributed by atoms with van der Waals surface area (Å²) in [5.41, 5.74) is 3.77. The maximum absolute atomic E-state index is 13.0. The number of anilines is 1. The van der Waals surface area contributed by atoms with Crippen LogP contribution in [0.25, 0.3) is 26.6 Å². The first kappa shape index (κ1) is 22.0. The molecule has 172 valence electrons. The highest BCUT2D eigenvalue weighted by molar-refractivity contribution is 7.21. The summed E-state index contributed by atoms with van der Waals surface area (Å²) in [5, 5.41) is 7.22. The third-order valence-corrected chi connectivity index (χ3v) is 6.43. The van der Waals surface area contributed by atoms with Gasteiger partial charge < -0.3 is 5.32 Å². The van der Waals surface area contributed by atoms with Gasteiger partial charge in [0.2, 0.25) is 5.91 Å². The number of hydrogen-bond donors (Lipinski definition) is 1. The number of nitrogens with one attached hydrogen (secondary N) is 1. The monoisotopic (exact) mass is 482 g/mol. The van der Waals surface area contributed by atoms with Crippen molar-refractivity contribution in [3.8, 4) is 10.6 Å². The highest BCUT2D eigenvalue weighted by Crippen LogP contribution is 2.31. The minimum atomic E-state index is -4.68. The number of alkyl halides is 3. The van der Waals surface area contributed by atoms with E-state index in [-0.39, 0.29) is 18.1 Å². The molecule has 0 spiro atoms. The maximum Gasteiger partial charge on any atom is 0.453 e. The van der Waals surface area contributed by atoms with Crippen molar-refractivity contribution in [2.75, 3.05) is 5.32 Å². The van der Waals surface area contributed by atoms with E-state index in [2.05, 4.69) is 25.4 Å². The smallest absolute Gasteiger partial charge is 0.326 e. The van der Waals surface area contributed by atoms with E-state index in [1.807, 2.05) is 36.4 Å². The third-order valence-electron chi connectivity index (χ3n) is 5.35. The molecule has 0 saturated heterocycles. The summed E-state index contributed by atoms with van der Waals surface area (Å²) in [7, 11) is 0. The Balaban J connectivity index is 1.34. The molecule has 7 nitrogen and oxygen atoms in total. The molecule has 1 amide bonds. The van der Waals surface area contributed by atoms with Crippen molar-refractivity contribution in [2.45, 2.75) is 26.4 Å². The molecule has 5 aromatic rings. The summed E-state index contributed by atoms with van der Waals surface area (Å²) in [6.07, 6.45) is -4.75. The number of halogens is 3. The van der Waals surface area contributed by atoms with Gasteiger partial charge in [0.1, 0.15) is 5.01 Å². The summed E-state index contributed by atoms with van der Waals surface area (Å²) in [5.74, 6) is -1.74. The molecular formula is C23H17F3N6OS. The van der Waals surface area contributed by atoms with Gasteiger partial charge in [-0.3, -0.25) is 4.79 Å². The molecular weight excluding hydrogens is 465 g/mol. The van der Waals surface area contributed by atoms with Crippen molar-refractivity contribution in [3.05, 3.63) is 71.3 Å². The van der Waals surface area contributed by atoms with Crippen LogP contribution in [0.5, 0.6) is 0 Å². The largest absolute Gasteiger partial charge is 0.453 e. The second-order valence-corrected chi connectivity index (χ2v) is 8.73. The first-order chi connectivity index (χ1) is 16.2. The summed E-state index contributed by atoms with van der Waals surface area (Å²) in [4.78, 5) is 24.9. The summed E-state index contributed by atoms with van der Waals surface area (Å²) >= 11 is 1.59. The van der Waals surface area contributed by atoms with Gasteiger partial charge in [-0.15, -0.1) is 16.4 Å². The average Bonchev–Trinajstić information content (AvgIpc) is 3.41. The van der Waals surface area contributed by atoms with Crippen molar-refractivity contribution in [2.24, 2.45) is 0 Å². The third kappa shape index (κ3) is 4.10. The molecule has 34 heavy (non-hydrogen) atoms. The van der Waals surface area contributed by atoms with Crippen LogP contribution in [-0.2, 0) is 17.4 Å². The van der Waals surface area contributed by atoms with Crippen molar-refractivity contribution in [1.82, 2.24) is 24.6 Å². The Hall–Kier alpha value is -3.86. The van der Waals surface area contributed by atoms with Crippen LogP contribution >= 0.6 is 11.3 Å². The van der Waals surface area contributed by atoms with Crippen LogP contribution in [0.3, 0.4) is 0 Å². The number of rotatable bonds is 4.